The van der Waals surface area contributed by atoms with E-state index in [9.17, 15) is 4.79 Å². The summed E-state index contributed by atoms with van der Waals surface area (Å²) in [6, 6.07) is 0. The first-order valence-corrected chi connectivity index (χ1v) is 7.64. The van der Waals surface area contributed by atoms with Crippen LogP contribution < -0.4 is 0 Å². The maximum Gasteiger partial charge on any atom is 0.303 e. The molecule has 0 atom stereocenters. The second kappa shape index (κ2) is 15.5. The number of carboxylic acid groups (broad SMARTS) is 1. The summed E-state index contributed by atoms with van der Waals surface area (Å²) in [5, 5.41) is 8.49. The molecule has 2 nitrogen and oxygen atoms in total. The van der Waals surface area contributed by atoms with Gasteiger partial charge in [-0.3, -0.25) is 4.79 Å². The predicted molar refractivity (Wildman–Crippen MR) is 86.8 cm³/mol. The number of aliphatic carboxylic acids is 1. The lowest BCUT2D eigenvalue weighted by molar-refractivity contribution is -0.137. The minimum absolute atomic E-state index is 0.311. The monoisotopic (exact) mass is 276 g/mol. The van der Waals surface area contributed by atoms with Gasteiger partial charge in [-0.15, -0.1) is 0 Å². The summed E-state index contributed by atoms with van der Waals surface area (Å²) in [6.07, 6.45) is 24.4. The third-order valence-corrected chi connectivity index (χ3v) is 2.82. The molecule has 0 saturated carbocycles. The Balaban J connectivity index is 3.35. The van der Waals surface area contributed by atoms with E-state index in [0.29, 0.717) is 6.42 Å². The molecule has 0 aliphatic rings. The van der Waals surface area contributed by atoms with Crippen LogP contribution in [0.1, 0.15) is 58.3 Å². The molecule has 0 spiro atoms. The van der Waals surface area contributed by atoms with Gasteiger partial charge in [-0.05, 0) is 25.7 Å². The van der Waals surface area contributed by atoms with Crippen LogP contribution in [-0.2, 0) is 4.79 Å². The molecule has 0 aliphatic heterocycles. The van der Waals surface area contributed by atoms with Gasteiger partial charge in [0.2, 0.25) is 0 Å². The van der Waals surface area contributed by atoms with Crippen LogP contribution in [0.3, 0.4) is 0 Å². The summed E-state index contributed by atoms with van der Waals surface area (Å²) >= 11 is 0. The number of unbranched alkanes of at least 4 members (excludes halogenated alkanes) is 5. The maximum absolute atomic E-state index is 10.3. The Hall–Kier alpha value is -1.57. The molecule has 0 aromatic heterocycles. The molecule has 0 radical (unpaired) electrons. The zero-order valence-electron chi connectivity index (χ0n) is 12.6. The summed E-state index contributed by atoms with van der Waals surface area (Å²) in [5.41, 5.74) is 0. The molecule has 0 fully saturated rings. The van der Waals surface area contributed by atoms with Crippen molar-refractivity contribution in [3.05, 3.63) is 48.6 Å². The van der Waals surface area contributed by atoms with Crippen molar-refractivity contribution in [2.75, 3.05) is 0 Å². The number of rotatable bonds is 12. The molecular formula is C18H28O2. The quantitative estimate of drug-likeness (QED) is 0.381. The van der Waals surface area contributed by atoms with E-state index in [1.165, 1.54) is 12.8 Å². The van der Waals surface area contributed by atoms with Gasteiger partial charge in [-0.1, -0.05) is 74.8 Å². The van der Waals surface area contributed by atoms with Gasteiger partial charge in [0.05, 0.1) is 0 Å². The fourth-order valence-corrected chi connectivity index (χ4v) is 1.71. The van der Waals surface area contributed by atoms with Crippen LogP contribution in [0.2, 0.25) is 0 Å². The van der Waals surface area contributed by atoms with E-state index in [1.54, 1.807) is 0 Å². The first kappa shape index (κ1) is 18.4. The third-order valence-electron chi connectivity index (χ3n) is 2.82. The highest BCUT2D eigenvalue weighted by Crippen LogP contribution is 2.07. The molecule has 0 aliphatic carbocycles. The minimum Gasteiger partial charge on any atom is -0.481 e. The average Bonchev–Trinajstić information content (AvgIpc) is 2.43. The molecule has 0 aromatic carbocycles. The van der Waals surface area contributed by atoms with Crippen molar-refractivity contribution < 1.29 is 9.90 Å². The second-order valence-corrected chi connectivity index (χ2v) is 4.73. The fraction of sp³-hybridized carbons (Fsp3) is 0.500. The Labute approximate surface area is 123 Å². The SMILES string of the molecule is CC\C=C/C=C/C=C/C=C\CCCCCCCC(=O)O. The lowest BCUT2D eigenvalue weighted by Crippen LogP contribution is -1.93. The number of hydrogen-bond donors (Lipinski definition) is 1. The van der Waals surface area contributed by atoms with Crippen molar-refractivity contribution in [2.24, 2.45) is 0 Å². The van der Waals surface area contributed by atoms with Crippen molar-refractivity contribution in [2.45, 2.75) is 58.3 Å². The van der Waals surface area contributed by atoms with Gasteiger partial charge in [0, 0.05) is 6.42 Å². The second-order valence-electron chi connectivity index (χ2n) is 4.73. The fourth-order valence-electron chi connectivity index (χ4n) is 1.71. The van der Waals surface area contributed by atoms with Gasteiger partial charge in [-0.25, -0.2) is 0 Å². The molecule has 0 unspecified atom stereocenters. The van der Waals surface area contributed by atoms with Crippen molar-refractivity contribution in [3.8, 4) is 0 Å². The molecule has 0 bridgehead atoms. The van der Waals surface area contributed by atoms with Crippen LogP contribution >= 0.6 is 0 Å². The highest BCUT2D eigenvalue weighted by atomic mass is 16.4. The number of carbonyl (C=O) groups is 1. The summed E-state index contributed by atoms with van der Waals surface area (Å²) in [5.74, 6) is -0.682. The average molecular weight is 276 g/mol. The molecule has 0 rings (SSSR count). The number of carboxylic acids is 1. The zero-order valence-corrected chi connectivity index (χ0v) is 12.6. The number of hydrogen-bond acceptors (Lipinski definition) is 1. The summed E-state index contributed by atoms with van der Waals surface area (Å²) < 4.78 is 0. The van der Waals surface area contributed by atoms with E-state index < -0.39 is 5.97 Å². The molecular weight excluding hydrogens is 248 g/mol. The molecule has 0 amide bonds. The molecule has 0 heterocycles. The molecule has 0 aromatic rings. The van der Waals surface area contributed by atoms with E-state index in [2.05, 4.69) is 31.2 Å². The normalized spacial score (nSPS) is 12.4. The Morgan fingerprint density at radius 2 is 1.35 bits per heavy atom. The van der Waals surface area contributed by atoms with Crippen LogP contribution in [-0.4, -0.2) is 11.1 Å². The largest absolute Gasteiger partial charge is 0.481 e. The summed E-state index contributed by atoms with van der Waals surface area (Å²) in [7, 11) is 0. The van der Waals surface area contributed by atoms with Gasteiger partial charge >= 0.3 is 5.97 Å². The highest BCUT2D eigenvalue weighted by molar-refractivity contribution is 5.66. The molecule has 2 heteroatoms. The predicted octanol–water partition coefficient (Wildman–Crippen LogP) is 5.44. The van der Waals surface area contributed by atoms with E-state index in [1.807, 2.05) is 24.3 Å². The van der Waals surface area contributed by atoms with Gasteiger partial charge < -0.3 is 5.11 Å². The standard InChI is InChI=1S/C18H28O2/c1-2-3-4-5-6-7-8-9-10-11-12-13-14-15-16-17-18(19)20/h3-10H,2,11-17H2,1H3,(H,19,20)/b4-3-,6-5+,8-7+,10-9-. The Kier molecular flexibility index (Phi) is 14.3. The van der Waals surface area contributed by atoms with Crippen molar-refractivity contribution in [1.82, 2.24) is 0 Å². The maximum atomic E-state index is 10.3. The number of allylic oxidation sites excluding steroid dienone is 8. The molecule has 0 saturated heterocycles. The van der Waals surface area contributed by atoms with E-state index in [0.717, 1.165) is 32.1 Å². The lowest BCUT2D eigenvalue weighted by atomic mass is 10.1. The van der Waals surface area contributed by atoms with Gasteiger partial charge in [0.1, 0.15) is 0 Å². The summed E-state index contributed by atoms with van der Waals surface area (Å²) in [4.78, 5) is 10.3. The van der Waals surface area contributed by atoms with Gasteiger partial charge in [-0.2, -0.15) is 0 Å². The van der Waals surface area contributed by atoms with E-state index >= 15 is 0 Å². The van der Waals surface area contributed by atoms with Gasteiger partial charge in [0.25, 0.3) is 0 Å². The van der Waals surface area contributed by atoms with Crippen molar-refractivity contribution in [1.29, 1.82) is 0 Å². The minimum atomic E-state index is -0.682. The smallest absolute Gasteiger partial charge is 0.303 e. The van der Waals surface area contributed by atoms with Crippen LogP contribution in [0.25, 0.3) is 0 Å². The highest BCUT2D eigenvalue weighted by Gasteiger charge is 1.95. The topological polar surface area (TPSA) is 37.3 Å². The van der Waals surface area contributed by atoms with Crippen LogP contribution in [0.4, 0.5) is 0 Å². The lowest BCUT2D eigenvalue weighted by Gasteiger charge is -1.97. The zero-order chi connectivity index (χ0) is 14.9. The molecule has 20 heavy (non-hydrogen) atoms. The molecule has 1 N–H and O–H groups in total. The molecule has 112 valence electrons. The Bertz CT molecular complexity index is 335. The van der Waals surface area contributed by atoms with E-state index in [-0.39, 0.29) is 0 Å². The van der Waals surface area contributed by atoms with Crippen molar-refractivity contribution >= 4 is 5.97 Å². The summed E-state index contributed by atoms with van der Waals surface area (Å²) in [6.45, 7) is 2.12. The van der Waals surface area contributed by atoms with Crippen LogP contribution in [0.5, 0.6) is 0 Å². The van der Waals surface area contributed by atoms with Crippen molar-refractivity contribution in [3.63, 3.8) is 0 Å². The Morgan fingerprint density at radius 3 is 2.00 bits per heavy atom. The first-order chi connectivity index (χ1) is 9.77. The van der Waals surface area contributed by atoms with E-state index in [4.69, 9.17) is 5.11 Å². The Morgan fingerprint density at radius 1 is 0.800 bits per heavy atom. The third kappa shape index (κ3) is 16.4. The van der Waals surface area contributed by atoms with Crippen LogP contribution in [0.15, 0.2) is 48.6 Å². The first-order valence-electron chi connectivity index (χ1n) is 7.64. The van der Waals surface area contributed by atoms with Crippen LogP contribution in [0, 0.1) is 0 Å². The van der Waals surface area contributed by atoms with Gasteiger partial charge in [0.15, 0.2) is 0 Å².